The Labute approximate surface area is 86.7 Å². The van der Waals surface area contributed by atoms with E-state index in [2.05, 4.69) is 49.4 Å². The lowest BCUT2D eigenvalue weighted by molar-refractivity contribution is 0.505. The van der Waals surface area contributed by atoms with Crippen molar-refractivity contribution in [1.82, 2.24) is 0 Å². The fourth-order valence-corrected chi connectivity index (χ4v) is 2.26. The Kier molecular flexibility index (Phi) is 3.03. The molecule has 0 N–H and O–H groups in total. The van der Waals surface area contributed by atoms with Gasteiger partial charge in [-0.05, 0) is 23.8 Å². The molecule has 1 aromatic carbocycles. The normalized spacial score (nSPS) is 27.2. The summed E-state index contributed by atoms with van der Waals surface area (Å²) in [5.74, 6) is 1.70. The zero-order chi connectivity index (χ0) is 9.80. The summed E-state index contributed by atoms with van der Waals surface area (Å²) >= 11 is 0. The van der Waals surface area contributed by atoms with Gasteiger partial charge in [0.2, 0.25) is 0 Å². The Bertz CT molecular complexity index is 297. The van der Waals surface area contributed by atoms with Crippen LogP contribution >= 0.6 is 0 Å². The molecule has 0 saturated heterocycles. The molecule has 1 aromatic rings. The second-order valence-electron chi connectivity index (χ2n) is 4.34. The maximum Gasteiger partial charge on any atom is -0.0204 e. The van der Waals surface area contributed by atoms with Gasteiger partial charge in [0.1, 0.15) is 0 Å². The average Bonchev–Trinajstić information content (AvgIpc) is 2.63. The summed E-state index contributed by atoms with van der Waals surface area (Å²) < 4.78 is 0. The van der Waals surface area contributed by atoms with Crippen molar-refractivity contribution in [1.29, 1.82) is 0 Å². The number of hydrogen-bond donors (Lipinski definition) is 0. The summed E-state index contributed by atoms with van der Waals surface area (Å²) in [5.41, 5.74) is 1.33. The molecule has 1 aliphatic carbocycles. The summed E-state index contributed by atoms with van der Waals surface area (Å²) in [4.78, 5) is 0. The van der Waals surface area contributed by atoms with Gasteiger partial charge in [-0.3, -0.25) is 0 Å². The molecule has 14 heavy (non-hydrogen) atoms. The third-order valence-corrected chi connectivity index (χ3v) is 3.26. The third kappa shape index (κ3) is 2.25. The highest BCUT2D eigenvalue weighted by molar-refractivity contribution is 5.49. The van der Waals surface area contributed by atoms with Gasteiger partial charge in [-0.15, -0.1) is 0 Å². The Morgan fingerprint density at radius 3 is 2.57 bits per heavy atom. The fourth-order valence-electron chi connectivity index (χ4n) is 2.26. The molecule has 0 radical (unpaired) electrons. The van der Waals surface area contributed by atoms with E-state index in [0.29, 0.717) is 0 Å². The Morgan fingerprint density at radius 2 is 1.93 bits per heavy atom. The van der Waals surface area contributed by atoms with Crippen molar-refractivity contribution >= 4 is 6.08 Å². The average molecular weight is 186 g/mol. The lowest BCUT2D eigenvalue weighted by atomic mass is 9.97. The molecular weight excluding hydrogens is 168 g/mol. The minimum absolute atomic E-state index is 0.815. The van der Waals surface area contributed by atoms with E-state index in [1.807, 2.05) is 0 Å². The van der Waals surface area contributed by atoms with E-state index < -0.39 is 0 Å². The van der Waals surface area contributed by atoms with Crippen LogP contribution < -0.4 is 0 Å². The van der Waals surface area contributed by atoms with Gasteiger partial charge in [0.25, 0.3) is 0 Å². The summed E-state index contributed by atoms with van der Waals surface area (Å²) in [6, 6.07) is 10.6. The third-order valence-electron chi connectivity index (χ3n) is 3.26. The first-order valence-electron chi connectivity index (χ1n) is 5.59. The van der Waals surface area contributed by atoms with Crippen molar-refractivity contribution < 1.29 is 0 Å². The van der Waals surface area contributed by atoms with Gasteiger partial charge in [0, 0.05) is 0 Å². The number of benzene rings is 1. The smallest absolute Gasteiger partial charge is 0.0204 e. The van der Waals surface area contributed by atoms with Crippen molar-refractivity contribution in [2.45, 2.75) is 26.2 Å². The standard InChI is InChI=1S/C14H18/c1-12-6-5-9-14(12)11-10-13-7-3-2-4-8-13/h2-4,7-8,10-12,14H,5-6,9H2,1H3/b11-10-/t12-,14+/m1/s1. The highest BCUT2D eigenvalue weighted by Gasteiger charge is 2.20. The maximum absolute atomic E-state index is 2.40. The van der Waals surface area contributed by atoms with Crippen LogP contribution in [0.2, 0.25) is 0 Å². The Morgan fingerprint density at radius 1 is 1.14 bits per heavy atom. The van der Waals surface area contributed by atoms with E-state index in [-0.39, 0.29) is 0 Å². The highest BCUT2D eigenvalue weighted by Crippen LogP contribution is 2.32. The molecule has 0 unspecified atom stereocenters. The molecule has 0 aromatic heterocycles. The molecule has 0 heterocycles. The molecule has 0 aliphatic heterocycles. The highest BCUT2D eigenvalue weighted by atomic mass is 14.2. The summed E-state index contributed by atoms with van der Waals surface area (Å²) in [6.07, 6.45) is 8.86. The molecule has 0 spiro atoms. The van der Waals surface area contributed by atoms with Gasteiger partial charge in [0.05, 0.1) is 0 Å². The molecule has 74 valence electrons. The van der Waals surface area contributed by atoms with E-state index in [1.165, 1.54) is 24.8 Å². The van der Waals surface area contributed by atoms with Crippen molar-refractivity contribution in [3.8, 4) is 0 Å². The number of rotatable bonds is 2. The van der Waals surface area contributed by atoms with Crippen LogP contribution in [0.4, 0.5) is 0 Å². The van der Waals surface area contributed by atoms with E-state index in [9.17, 15) is 0 Å². The quantitative estimate of drug-likeness (QED) is 0.651. The lowest BCUT2D eigenvalue weighted by Gasteiger charge is -2.08. The van der Waals surface area contributed by atoms with Gasteiger partial charge < -0.3 is 0 Å². The van der Waals surface area contributed by atoms with Gasteiger partial charge in [0.15, 0.2) is 0 Å². The summed E-state index contributed by atoms with van der Waals surface area (Å²) in [6.45, 7) is 2.37. The van der Waals surface area contributed by atoms with Crippen LogP contribution in [0.1, 0.15) is 31.7 Å². The van der Waals surface area contributed by atoms with Crippen LogP contribution in [0.25, 0.3) is 6.08 Å². The topological polar surface area (TPSA) is 0 Å². The SMILES string of the molecule is C[C@@H]1CCC[C@H]1/C=C\c1ccccc1. The number of allylic oxidation sites excluding steroid dienone is 1. The maximum atomic E-state index is 2.40. The van der Waals surface area contributed by atoms with Crippen molar-refractivity contribution in [2.24, 2.45) is 11.8 Å². The van der Waals surface area contributed by atoms with Crippen LogP contribution in [0.15, 0.2) is 36.4 Å². The molecule has 1 fully saturated rings. The Balaban J connectivity index is 2.00. The van der Waals surface area contributed by atoms with E-state index in [4.69, 9.17) is 0 Å². The van der Waals surface area contributed by atoms with Gasteiger partial charge in [-0.25, -0.2) is 0 Å². The van der Waals surface area contributed by atoms with E-state index in [0.717, 1.165) is 11.8 Å². The van der Waals surface area contributed by atoms with Crippen molar-refractivity contribution in [3.63, 3.8) is 0 Å². The van der Waals surface area contributed by atoms with Crippen molar-refractivity contribution in [2.75, 3.05) is 0 Å². The van der Waals surface area contributed by atoms with Crippen LogP contribution in [0.5, 0.6) is 0 Å². The molecule has 2 atom stereocenters. The second kappa shape index (κ2) is 4.45. The minimum atomic E-state index is 0.815. The van der Waals surface area contributed by atoms with Gasteiger partial charge in [-0.2, -0.15) is 0 Å². The van der Waals surface area contributed by atoms with E-state index in [1.54, 1.807) is 0 Å². The summed E-state index contributed by atoms with van der Waals surface area (Å²) in [7, 11) is 0. The molecule has 0 amide bonds. The first-order valence-corrected chi connectivity index (χ1v) is 5.59. The van der Waals surface area contributed by atoms with Crippen LogP contribution in [0, 0.1) is 11.8 Å². The first kappa shape index (κ1) is 9.51. The molecule has 2 rings (SSSR count). The summed E-state index contributed by atoms with van der Waals surface area (Å²) in [5, 5.41) is 0. The second-order valence-corrected chi connectivity index (χ2v) is 4.34. The predicted octanol–water partition coefficient (Wildman–Crippen LogP) is 4.14. The molecule has 1 aliphatic rings. The van der Waals surface area contributed by atoms with Gasteiger partial charge >= 0.3 is 0 Å². The monoisotopic (exact) mass is 186 g/mol. The van der Waals surface area contributed by atoms with Crippen LogP contribution in [-0.2, 0) is 0 Å². The molecule has 0 heteroatoms. The largest absolute Gasteiger partial charge is 0.0806 e. The molecule has 1 saturated carbocycles. The van der Waals surface area contributed by atoms with Crippen LogP contribution in [-0.4, -0.2) is 0 Å². The minimum Gasteiger partial charge on any atom is -0.0806 e. The predicted molar refractivity (Wildman–Crippen MR) is 62.0 cm³/mol. The van der Waals surface area contributed by atoms with Crippen LogP contribution in [0.3, 0.4) is 0 Å². The van der Waals surface area contributed by atoms with Gasteiger partial charge in [-0.1, -0.05) is 62.2 Å². The Hall–Kier alpha value is -1.04. The molecular formula is C14H18. The molecule has 0 bridgehead atoms. The number of hydrogen-bond acceptors (Lipinski definition) is 0. The van der Waals surface area contributed by atoms with Crippen molar-refractivity contribution in [3.05, 3.63) is 42.0 Å². The first-order chi connectivity index (χ1) is 6.86. The molecule has 0 nitrogen and oxygen atoms in total. The lowest BCUT2D eigenvalue weighted by Crippen LogP contribution is -1.98. The zero-order valence-electron chi connectivity index (χ0n) is 8.82. The van der Waals surface area contributed by atoms with E-state index >= 15 is 0 Å². The fraction of sp³-hybridized carbons (Fsp3) is 0.429. The zero-order valence-corrected chi connectivity index (χ0v) is 8.82.